The Labute approximate surface area is 379 Å². The highest BCUT2D eigenvalue weighted by Gasteiger charge is 2.44. The Balaban J connectivity index is 0.817. The first-order chi connectivity index (χ1) is 31.4. The van der Waals surface area contributed by atoms with E-state index in [0.29, 0.717) is 59.2 Å². The molecule has 0 radical (unpaired) electrons. The second-order valence-electron chi connectivity index (χ2n) is 17.5. The van der Waals surface area contributed by atoms with E-state index in [1.807, 2.05) is 37.3 Å². The molecule has 3 aromatic carbocycles. The van der Waals surface area contributed by atoms with E-state index in [9.17, 15) is 19.6 Å². The number of nitriles is 1. The van der Waals surface area contributed by atoms with Gasteiger partial charge < -0.3 is 18.9 Å². The topological polar surface area (TPSA) is 172 Å². The van der Waals surface area contributed by atoms with E-state index < -0.39 is 11.8 Å². The summed E-state index contributed by atoms with van der Waals surface area (Å²) in [4.78, 5) is 46.7. The fraction of sp³-hybridized carbons (Fsp3) is 0.478. The van der Waals surface area contributed by atoms with E-state index in [4.69, 9.17) is 14.2 Å². The number of benzene rings is 3. The predicted molar refractivity (Wildman–Crippen MR) is 242 cm³/mol. The fourth-order valence-corrected chi connectivity index (χ4v) is 10.4. The molecule has 4 fully saturated rings. The molecule has 5 heterocycles. The van der Waals surface area contributed by atoms with E-state index in [1.165, 1.54) is 47.6 Å². The lowest BCUT2D eigenvalue weighted by Crippen LogP contribution is -2.60. The first kappa shape index (κ1) is 44.5. The molecule has 2 N–H and O–H groups in total. The average Bonchev–Trinajstić information content (AvgIpc) is 3.61. The number of aryl methyl sites for hydroxylation is 1. The molecule has 3 unspecified atom stereocenters. The molecule has 1 aliphatic carbocycles. The quantitative estimate of drug-likeness (QED) is 0.114. The predicted octanol–water partition coefficient (Wildman–Crippen LogP) is 7.13. The Morgan fingerprint density at radius 2 is 1.80 bits per heavy atom. The van der Waals surface area contributed by atoms with Crippen molar-refractivity contribution in [1.29, 1.82) is 5.26 Å². The van der Waals surface area contributed by atoms with Crippen LogP contribution in [0.1, 0.15) is 81.9 Å². The standard InChI is InChI=1S/C46H52F2N10O6S/c1-5-54(3)65-53-40-13-11-37(47)43(36(40)21-49)64-32-10-12-39-34(18-32)45(60)57(25-50-39)26(2)22-63-31-8-6-28(7-9-31)58-29-16-27(17-30(58)24-62-23-29)33-20-41-35(19-38(33)48)44(52-55(41)4)56-15-14-42(59)51-46(56)61/h10-13,18-20,25-31,53H,5-9,14-17,22-24H2,1-4H3,(H,51,59,61). The van der Waals surface area contributed by atoms with Gasteiger partial charge in [-0.3, -0.25) is 34.0 Å². The van der Waals surface area contributed by atoms with E-state index >= 15 is 8.78 Å². The molecule has 2 aromatic heterocycles. The van der Waals surface area contributed by atoms with Crippen molar-refractivity contribution in [2.45, 2.75) is 95.0 Å². The molecule has 4 aliphatic rings. The lowest BCUT2D eigenvalue weighted by Gasteiger charge is -2.53. The maximum atomic E-state index is 16.1. The lowest BCUT2D eigenvalue weighted by atomic mass is 9.78. The number of imide groups is 1. The van der Waals surface area contributed by atoms with Crippen LogP contribution >= 0.6 is 12.1 Å². The zero-order valence-electron chi connectivity index (χ0n) is 36.8. The third kappa shape index (κ3) is 8.89. The summed E-state index contributed by atoms with van der Waals surface area (Å²) in [6.45, 7) is 6.31. The molecule has 3 aliphatic heterocycles. The monoisotopic (exact) mass is 910 g/mol. The van der Waals surface area contributed by atoms with Crippen LogP contribution in [0.2, 0.25) is 0 Å². The number of morpholine rings is 1. The number of hydrogen-bond donors (Lipinski definition) is 2. The van der Waals surface area contributed by atoms with Crippen LogP contribution in [0.4, 0.5) is 25.1 Å². The van der Waals surface area contributed by atoms with Crippen molar-refractivity contribution in [2.24, 2.45) is 7.05 Å². The van der Waals surface area contributed by atoms with Crippen LogP contribution in [0, 0.1) is 23.0 Å². The minimum absolute atomic E-state index is 0.00301. The summed E-state index contributed by atoms with van der Waals surface area (Å²) in [6.07, 6.45) is 6.86. The van der Waals surface area contributed by atoms with Crippen LogP contribution < -0.4 is 25.2 Å². The Morgan fingerprint density at radius 1 is 1.03 bits per heavy atom. The molecular formula is C46H52F2N10O6S. The number of amides is 3. The van der Waals surface area contributed by atoms with E-state index in [1.54, 1.807) is 28.4 Å². The number of halogens is 2. The van der Waals surface area contributed by atoms with Crippen LogP contribution in [0.5, 0.6) is 11.5 Å². The number of ether oxygens (including phenoxy) is 3. The number of hydrogen-bond acceptors (Lipinski definition) is 13. The third-order valence-electron chi connectivity index (χ3n) is 13.3. The van der Waals surface area contributed by atoms with Crippen LogP contribution in [0.25, 0.3) is 21.8 Å². The summed E-state index contributed by atoms with van der Waals surface area (Å²) in [5.41, 5.74) is 1.95. The number of piperidine rings is 1. The van der Waals surface area contributed by atoms with E-state index in [0.717, 1.165) is 50.6 Å². The van der Waals surface area contributed by atoms with Gasteiger partial charge in [-0.05, 0) is 106 Å². The van der Waals surface area contributed by atoms with Crippen molar-refractivity contribution in [2.75, 3.05) is 49.6 Å². The van der Waals surface area contributed by atoms with Gasteiger partial charge in [0.1, 0.15) is 23.2 Å². The van der Waals surface area contributed by atoms with Gasteiger partial charge in [0.2, 0.25) is 5.91 Å². The number of aromatic nitrogens is 4. The minimum Gasteiger partial charge on any atom is -0.453 e. The number of nitrogens with zero attached hydrogens (tertiary/aromatic N) is 8. The van der Waals surface area contributed by atoms with Gasteiger partial charge in [-0.25, -0.2) is 22.9 Å². The van der Waals surface area contributed by atoms with Crippen molar-refractivity contribution >= 4 is 57.4 Å². The number of nitrogens with one attached hydrogen (secondary N) is 2. The Bertz CT molecular complexity index is 2720. The minimum atomic E-state index is -0.706. The van der Waals surface area contributed by atoms with Crippen molar-refractivity contribution in [3.05, 3.63) is 81.9 Å². The highest BCUT2D eigenvalue weighted by atomic mass is 32.2. The Morgan fingerprint density at radius 3 is 2.52 bits per heavy atom. The van der Waals surface area contributed by atoms with E-state index in [2.05, 4.69) is 25.0 Å². The van der Waals surface area contributed by atoms with Crippen molar-refractivity contribution in [3.8, 4) is 17.6 Å². The molecule has 1 saturated carbocycles. The normalized spacial score (nSPS) is 23.2. The maximum absolute atomic E-state index is 16.1. The average molecular weight is 911 g/mol. The molecule has 5 aromatic rings. The molecule has 65 heavy (non-hydrogen) atoms. The summed E-state index contributed by atoms with van der Waals surface area (Å²) in [5, 5.41) is 17.7. The van der Waals surface area contributed by atoms with Crippen molar-refractivity contribution in [1.82, 2.24) is 33.9 Å². The molecule has 16 nitrogen and oxygen atoms in total. The van der Waals surface area contributed by atoms with Crippen LogP contribution in [-0.4, -0.2) is 105 Å². The van der Waals surface area contributed by atoms with Crippen molar-refractivity contribution in [3.63, 3.8) is 0 Å². The summed E-state index contributed by atoms with van der Waals surface area (Å²) in [7, 11) is 3.67. The lowest BCUT2D eigenvalue weighted by molar-refractivity contribution is -0.120. The second-order valence-corrected chi connectivity index (χ2v) is 18.5. The Hall–Kier alpha value is -5.65. The molecular weight excluding hydrogens is 859 g/mol. The van der Waals surface area contributed by atoms with Gasteiger partial charge in [0.25, 0.3) is 5.56 Å². The molecule has 3 amide bonds. The molecule has 2 bridgehead atoms. The summed E-state index contributed by atoms with van der Waals surface area (Å²) < 4.78 is 57.8. The van der Waals surface area contributed by atoms with E-state index in [-0.39, 0.29) is 77.5 Å². The smallest absolute Gasteiger partial charge is 0.329 e. The largest absolute Gasteiger partial charge is 0.453 e. The van der Waals surface area contributed by atoms with Crippen molar-refractivity contribution < 1.29 is 32.6 Å². The Kier molecular flexibility index (Phi) is 12.8. The van der Waals surface area contributed by atoms with Gasteiger partial charge in [-0.2, -0.15) is 10.4 Å². The van der Waals surface area contributed by atoms with Gasteiger partial charge in [0, 0.05) is 62.2 Å². The highest BCUT2D eigenvalue weighted by Crippen LogP contribution is 2.44. The van der Waals surface area contributed by atoms with Gasteiger partial charge in [0.15, 0.2) is 17.4 Å². The SMILES string of the molecule is CCN(C)SNc1ccc(F)c(Oc2ccc3ncn(C(C)COC4CCC(N5C6COCC5CC(c5cc7c(cc5F)c(N5CCC(=O)NC5=O)nn7C)C6)CC4)c(=O)c3c2)c1C#N. The number of carbonyl (C=O) groups excluding carboxylic acids is 2. The molecule has 0 spiro atoms. The van der Waals surface area contributed by atoms with Gasteiger partial charge in [0.05, 0.1) is 60.4 Å². The first-order valence-corrected chi connectivity index (χ1v) is 23.0. The molecule has 342 valence electrons. The third-order valence-corrected chi connectivity index (χ3v) is 14.2. The van der Waals surface area contributed by atoms with Gasteiger partial charge in [-0.1, -0.05) is 6.92 Å². The summed E-state index contributed by atoms with van der Waals surface area (Å²) in [5.74, 6) is -1.08. The fourth-order valence-electron chi connectivity index (χ4n) is 9.87. The molecule has 3 saturated heterocycles. The molecule has 19 heteroatoms. The summed E-state index contributed by atoms with van der Waals surface area (Å²) >= 11 is 1.27. The van der Waals surface area contributed by atoms with Gasteiger partial charge >= 0.3 is 6.03 Å². The highest BCUT2D eigenvalue weighted by molar-refractivity contribution is 7.98. The van der Waals surface area contributed by atoms with Crippen LogP contribution in [-0.2, 0) is 21.3 Å². The summed E-state index contributed by atoms with van der Waals surface area (Å²) in [6, 6.07) is 12.6. The van der Waals surface area contributed by atoms with Gasteiger partial charge in [-0.15, -0.1) is 0 Å². The molecule has 3 atom stereocenters. The number of carbonyl (C=O) groups is 2. The zero-order valence-corrected chi connectivity index (χ0v) is 37.6. The number of anilines is 2. The first-order valence-electron chi connectivity index (χ1n) is 22.2. The van der Waals surface area contributed by atoms with Crippen LogP contribution in [0.15, 0.2) is 53.6 Å². The molecule has 9 rings (SSSR count). The number of fused-ring (bicyclic) bond motifs is 4. The number of rotatable bonds is 13. The maximum Gasteiger partial charge on any atom is 0.329 e. The zero-order chi connectivity index (χ0) is 45.5. The number of urea groups is 1. The second kappa shape index (κ2) is 18.7. The van der Waals surface area contributed by atoms with Crippen LogP contribution in [0.3, 0.4) is 0 Å².